The van der Waals surface area contributed by atoms with Crippen LogP contribution in [0.4, 0.5) is 0 Å². The molecule has 0 heteroatoms. The van der Waals surface area contributed by atoms with Crippen molar-refractivity contribution in [3.05, 3.63) is 5.92 Å². The molecule has 0 aromatic rings. The van der Waals surface area contributed by atoms with Gasteiger partial charge in [-0.05, 0) is 30.6 Å². The molecule has 2 atom stereocenters. The van der Waals surface area contributed by atoms with Crippen molar-refractivity contribution in [3.63, 3.8) is 0 Å². The molecule has 0 aliphatic heterocycles. The molecule has 18 heavy (non-hydrogen) atoms. The molecular weight excluding hydrogens is 216 g/mol. The van der Waals surface area contributed by atoms with Gasteiger partial charge in [0.2, 0.25) is 0 Å². The smallest absolute Gasteiger partial charge is 0.0244 e. The van der Waals surface area contributed by atoms with Gasteiger partial charge < -0.3 is 0 Å². The summed E-state index contributed by atoms with van der Waals surface area (Å²) in [7, 11) is 0. The van der Waals surface area contributed by atoms with Crippen LogP contribution in [-0.4, -0.2) is 0 Å². The third-order valence-corrected chi connectivity index (χ3v) is 4.50. The predicted octanol–water partition coefficient (Wildman–Crippen LogP) is 6.79. The lowest BCUT2D eigenvalue weighted by Gasteiger charge is -2.24. The summed E-state index contributed by atoms with van der Waals surface area (Å²) >= 11 is 0. The van der Waals surface area contributed by atoms with E-state index in [0.29, 0.717) is 0 Å². The Balaban J connectivity index is 3.78. The second-order valence-corrected chi connectivity index (χ2v) is 6.21. The predicted molar refractivity (Wildman–Crippen MR) is 84.8 cm³/mol. The Morgan fingerprint density at radius 1 is 0.889 bits per heavy atom. The lowest BCUT2D eigenvalue weighted by atomic mass is 9.81. The summed E-state index contributed by atoms with van der Waals surface area (Å²) in [6.45, 7) is 11.8. The molecule has 0 aliphatic carbocycles. The van der Waals surface area contributed by atoms with E-state index < -0.39 is 0 Å². The van der Waals surface area contributed by atoms with Gasteiger partial charge >= 0.3 is 0 Å². The van der Waals surface area contributed by atoms with Crippen molar-refractivity contribution in [2.75, 3.05) is 0 Å². The first-order valence-corrected chi connectivity index (χ1v) is 8.47. The van der Waals surface area contributed by atoms with Crippen LogP contribution in [0.15, 0.2) is 0 Å². The fraction of sp³-hybridized carbons (Fsp3) is 0.944. The molecular formula is C18H37. The van der Waals surface area contributed by atoms with E-state index in [1.54, 1.807) is 5.92 Å². The fourth-order valence-electron chi connectivity index (χ4n) is 2.76. The third-order valence-electron chi connectivity index (χ3n) is 4.50. The summed E-state index contributed by atoms with van der Waals surface area (Å²) in [5.74, 6) is 3.56. The molecule has 0 amide bonds. The lowest BCUT2D eigenvalue weighted by Crippen LogP contribution is -2.12. The second kappa shape index (κ2) is 12.1. The zero-order chi connectivity index (χ0) is 13.8. The number of hydrogen-bond donors (Lipinski definition) is 0. The van der Waals surface area contributed by atoms with Crippen LogP contribution >= 0.6 is 0 Å². The Labute approximate surface area is 117 Å². The van der Waals surface area contributed by atoms with Gasteiger partial charge in [-0.15, -0.1) is 0 Å². The summed E-state index contributed by atoms with van der Waals surface area (Å²) in [6.07, 6.45) is 14.0. The molecule has 0 N–H and O–H groups in total. The van der Waals surface area contributed by atoms with Crippen LogP contribution in [0.3, 0.4) is 0 Å². The maximum absolute atomic E-state index is 2.45. The third kappa shape index (κ3) is 9.00. The standard InChI is InChI=1S/C18H37/c1-6-9-11-12-13-16(4)17(5)15-18(8-3)14-10-7-2/h17-18H,6-15H2,1-5H3. The highest BCUT2D eigenvalue weighted by molar-refractivity contribution is 4.90. The Hall–Kier alpha value is 0. The van der Waals surface area contributed by atoms with E-state index in [1.165, 1.54) is 64.2 Å². The minimum Gasteiger partial charge on any atom is -0.0654 e. The first-order valence-electron chi connectivity index (χ1n) is 8.47. The van der Waals surface area contributed by atoms with Crippen LogP contribution < -0.4 is 0 Å². The topological polar surface area (TPSA) is 0 Å². The molecule has 0 saturated carbocycles. The van der Waals surface area contributed by atoms with Gasteiger partial charge in [-0.2, -0.15) is 0 Å². The fourth-order valence-corrected chi connectivity index (χ4v) is 2.76. The first kappa shape index (κ1) is 18.0. The van der Waals surface area contributed by atoms with Gasteiger partial charge in [0.1, 0.15) is 0 Å². The van der Waals surface area contributed by atoms with Crippen LogP contribution in [0.2, 0.25) is 0 Å². The molecule has 0 rings (SSSR count). The van der Waals surface area contributed by atoms with Gasteiger partial charge in [-0.1, -0.05) is 86.0 Å². The molecule has 0 aromatic carbocycles. The number of rotatable bonds is 12. The molecule has 1 radical (unpaired) electrons. The largest absolute Gasteiger partial charge is 0.0654 e. The Kier molecular flexibility index (Phi) is 12.1. The van der Waals surface area contributed by atoms with Gasteiger partial charge in [-0.3, -0.25) is 0 Å². The first-order chi connectivity index (χ1) is 8.65. The zero-order valence-corrected chi connectivity index (χ0v) is 13.7. The number of unbranched alkanes of at least 4 members (excludes halogenated alkanes) is 4. The van der Waals surface area contributed by atoms with E-state index in [-0.39, 0.29) is 0 Å². The van der Waals surface area contributed by atoms with Crippen molar-refractivity contribution in [1.29, 1.82) is 0 Å². The molecule has 2 unspecified atom stereocenters. The van der Waals surface area contributed by atoms with Crippen molar-refractivity contribution in [1.82, 2.24) is 0 Å². The van der Waals surface area contributed by atoms with E-state index in [9.17, 15) is 0 Å². The van der Waals surface area contributed by atoms with E-state index >= 15 is 0 Å². The van der Waals surface area contributed by atoms with Gasteiger partial charge in [-0.25, -0.2) is 0 Å². The summed E-state index contributed by atoms with van der Waals surface area (Å²) in [4.78, 5) is 0. The molecule has 109 valence electrons. The van der Waals surface area contributed by atoms with Crippen LogP contribution in [-0.2, 0) is 0 Å². The molecule has 0 heterocycles. The van der Waals surface area contributed by atoms with Crippen LogP contribution in [0.5, 0.6) is 0 Å². The van der Waals surface area contributed by atoms with Crippen molar-refractivity contribution in [2.24, 2.45) is 11.8 Å². The average Bonchev–Trinajstić information content (AvgIpc) is 2.38. The second-order valence-electron chi connectivity index (χ2n) is 6.21. The highest BCUT2D eigenvalue weighted by atomic mass is 14.2. The monoisotopic (exact) mass is 253 g/mol. The van der Waals surface area contributed by atoms with Crippen LogP contribution in [0.1, 0.15) is 98.8 Å². The number of hydrogen-bond acceptors (Lipinski definition) is 0. The van der Waals surface area contributed by atoms with E-state index in [4.69, 9.17) is 0 Å². The van der Waals surface area contributed by atoms with E-state index in [0.717, 1.165) is 11.8 Å². The SMILES string of the molecule is CCCCCC[C](C)C(C)CC(CC)CCCC. The average molecular weight is 253 g/mol. The quantitative estimate of drug-likeness (QED) is 0.336. The van der Waals surface area contributed by atoms with Crippen molar-refractivity contribution in [3.8, 4) is 0 Å². The molecule has 0 spiro atoms. The van der Waals surface area contributed by atoms with Gasteiger partial charge in [0, 0.05) is 0 Å². The van der Waals surface area contributed by atoms with Gasteiger partial charge in [0.25, 0.3) is 0 Å². The summed E-state index contributed by atoms with van der Waals surface area (Å²) in [5.41, 5.74) is 0. The highest BCUT2D eigenvalue weighted by Crippen LogP contribution is 2.29. The lowest BCUT2D eigenvalue weighted by molar-refractivity contribution is 0.350. The molecule has 0 fully saturated rings. The normalized spacial score (nSPS) is 15.0. The Morgan fingerprint density at radius 3 is 2.11 bits per heavy atom. The molecule has 0 aromatic heterocycles. The molecule has 0 nitrogen and oxygen atoms in total. The van der Waals surface area contributed by atoms with Crippen LogP contribution in [0.25, 0.3) is 0 Å². The zero-order valence-electron chi connectivity index (χ0n) is 13.7. The summed E-state index contributed by atoms with van der Waals surface area (Å²) in [5, 5.41) is 0. The minimum atomic E-state index is 0.841. The van der Waals surface area contributed by atoms with Crippen LogP contribution in [0, 0.1) is 17.8 Å². The Bertz CT molecular complexity index is 161. The maximum Gasteiger partial charge on any atom is -0.0244 e. The molecule has 0 saturated heterocycles. The van der Waals surface area contributed by atoms with Crippen molar-refractivity contribution < 1.29 is 0 Å². The maximum atomic E-state index is 2.45. The molecule has 0 bridgehead atoms. The summed E-state index contributed by atoms with van der Waals surface area (Å²) in [6, 6.07) is 0. The van der Waals surface area contributed by atoms with Crippen molar-refractivity contribution >= 4 is 0 Å². The van der Waals surface area contributed by atoms with E-state index in [2.05, 4.69) is 34.6 Å². The molecule has 0 aliphatic rings. The highest BCUT2D eigenvalue weighted by Gasteiger charge is 2.17. The van der Waals surface area contributed by atoms with E-state index in [1.807, 2.05) is 0 Å². The Morgan fingerprint density at radius 2 is 1.56 bits per heavy atom. The summed E-state index contributed by atoms with van der Waals surface area (Å²) < 4.78 is 0. The van der Waals surface area contributed by atoms with Gasteiger partial charge in [0.15, 0.2) is 0 Å². The van der Waals surface area contributed by atoms with Crippen molar-refractivity contribution in [2.45, 2.75) is 98.8 Å². The minimum absolute atomic E-state index is 0.841. The van der Waals surface area contributed by atoms with Gasteiger partial charge in [0.05, 0.1) is 0 Å².